The maximum absolute atomic E-state index is 13.3. The van der Waals surface area contributed by atoms with Crippen molar-refractivity contribution in [3.63, 3.8) is 0 Å². The zero-order chi connectivity index (χ0) is 19.5. The fourth-order valence-corrected chi connectivity index (χ4v) is 3.48. The van der Waals surface area contributed by atoms with Crippen LogP contribution in [0.2, 0.25) is 0 Å². The van der Waals surface area contributed by atoms with Gasteiger partial charge in [0.2, 0.25) is 0 Å². The number of aromatic nitrogens is 2. The molecular weight excluding hydrogens is 388 g/mol. The van der Waals surface area contributed by atoms with Crippen molar-refractivity contribution in [3.8, 4) is 22.7 Å². The first-order valence-corrected chi connectivity index (χ1v) is 9.50. The second-order valence-corrected chi connectivity index (χ2v) is 7.03. The number of para-hydroxylation sites is 1. The van der Waals surface area contributed by atoms with E-state index in [-0.39, 0.29) is 24.4 Å². The molecule has 1 aliphatic heterocycles. The largest absolute Gasteiger partial charge is 0.497 e. The maximum Gasteiger partial charge on any atom is 0.257 e. The molecule has 3 aromatic rings. The number of methoxy groups -OCH3 is 1. The van der Waals surface area contributed by atoms with Crippen molar-refractivity contribution in [1.29, 1.82) is 0 Å². The van der Waals surface area contributed by atoms with Gasteiger partial charge in [-0.3, -0.25) is 4.79 Å². The van der Waals surface area contributed by atoms with E-state index in [2.05, 4.69) is 0 Å². The second kappa shape index (κ2) is 9.11. The van der Waals surface area contributed by atoms with E-state index in [1.54, 1.807) is 11.8 Å². The van der Waals surface area contributed by atoms with Crippen molar-refractivity contribution in [2.24, 2.45) is 5.73 Å². The highest BCUT2D eigenvalue weighted by Crippen LogP contribution is 2.27. The molecule has 1 aliphatic rings. The monoisotopic (exact) mass is 412 g/mol. The highest BCUT2D eigenvalue weighted by Gasteiger charge is 2.26. The summed E-state index contributed by atoms with van der Waals surface area (Å²) in [5.41, 5.74) is 9.07. The van der Waals surface area contributed by atoms with Crippen molar-refractivity contribution >= 4 is 18.3 Å². The molecule has 152 valence electrons. The van der Waals surface area contributed by atoms with E-state index in [1.165, 1.54) is 0 Å². The molecule has 0 unspecified atom stereocenters. The van der Waals surface area contributed by atoms with Gasteiger partial charge in [-0.1, -0.05) is 18.2 Å². The number of benzene rings is 2. The topological polar surface area (TPSA) is 73.4 Å². The zero-order valence-electron chi connectivity index (χ0n) is 16.3. The molecule has 0 atom stereocenters. The van der Waals surface area contributed by atoms with E-state index < -0.39 is 0 Å². The van der Waals surface area contributed by atoms with Crippen LogP contribution in [0.25, 0.3) is 16.9 Å². The fraction of sp³-hybridized carbons (Fsp3) is 0.273. The predicted molar refractivity (Wildman–Crippen MR) is 116 cm³/mol. The van der Waals surface area contributed by atoms with E-state index in [9.17, 15) is 4.79 Å². The average molecular weight is 413 g/mol. The summed E-state index contributed by atoms with van der Waals surface area (Å²) in [7, 11) is 1.63. The fourth-order valence-electron chi connectivity index (χ4n) is 3.48. The van der Waals surface area contributed by atoms with Crippen molar-refractivity contribution in [2.75, 3.05) is 20.2 Å². The van der Waals surface area contributed by atoms with E-state index in [0.29, 0.717) is 24.3 Å². The third kappa shape index (κ3) is 4.44. The number of hydrogen-bond donors (Lipinski definition) is 1. The SMILES string of the molecule is COc1ccc(-c2nn(-c3ccccc3)cc2C(=O)N2CCC(N)CC2)cc1.Cl. The molecule has 0 bridgehead atoms. The molecule has 0 saturated carbocycles. The third-order valence-corrected chi connectivity index (χ3v) is 5.16. The molecule has 1 saturated heterocycles. The van der Waals surface area contributed by atoms with Crippen LogP contribution in [0.3, 0.4) is 0 Å². The summed E-state index contributed by atoms with van der Waals surface area (Å²) in [6.07, 6.45) is 3.48. The van der Waals surface area contributed by atoms with Gasteiger partial charge in [-0.05, 0) is 49.2 Å². The highest BCUT2D eigenvalue weighted by atomic mass is 35.5. The molecule has 0 radical (unpaired) electrons. The van der Waals surface area contributed by atoms with Gasteiger partial charge in [-0.15, -0.1) is 12.4 Å². The molecule has 2 heterocycles. The Balaban J connectivity index is 0.00000240. The second-order valence-electron chi connectivity index (χ2n) is 7.03. The predicted octanol–water partition coefficient (Wildman–Crippen LogP) is 3.53. The highest BCUT2D eigenvalue weighted by molar-refractivity contribution is 6.00. The minimum absolute atomic E-state index is 0. The lowest BCUT2D eigenvalue weighted by Crippen LogP contribution is -2.42. The van der Waals surface area contributed by atoms with Crippen molar-refractivity contribution in [1.82, 2.24) is 14.7 Å². The molecule has 2 N–H and O–H groups in total. The van der Waals surface area contributed by atoms with Crippen molar-refractivity contribution in [2.45, 2.75) is 18.9 Å². The van der Waals surface area contributed by atoms with Crippen LogP contribution in [0.4, 0.5) is 0 Å². The normalized spacial score (nSPS) is 14.3. The zero-order valence-corrected chi connectivity index (χ0v) is 17.1. The van der Waals surface area contributed by atoms with Crippen LogP contribution in [0.15, 0.2) is 60.8 Å². The Morgan fingerprint density at radius 1 is 1.07 bits per heavy atom. The van der Waals surface area contributed by atoms with Gasteiger partial charge >= 0.3 is 0 Å². The number of halogens is 1. The molecule has 4 rings (SSSR count). The molecule has 29 heavy (non-hydrogen) atoms. The molecule has 1 amide bonds. The Hall–Kier alpha value is -2.83. The van der Waals surface area contributed by atoms with Crippen LogP contribution >= 0.6 is 12.4 Å². The molecule has 7 heteroatoms. The number of nitrogens with zero attached hydrogens (tertiary/aromatic N) is 3. The number of carbonyl (C=O) groups is 1. The smallest absolute Gasteiger partial charge is 0.257 e. The van der Waals surface area contributed by atoms with Crippen LogP contribution < -0.4 is 10.5 Å². The summed E-state index contributed by atoms with van der Waals surface area (Å²) < 4.78 is 7.02. The lowest BCUT2D eigenvalue weighted by molar-refractivity contribution is 0.0715. The molecule has 1 aromatic heterocycles. The Kier molecular flexibility index (Phi) is 6.56. The average Bonchev–Trinajstić information content (AvgIpc) is 3.20. The van der Waals surface area contributed by atoms with Gasteiger partial charge in [0.1, 0.15) is 11.4 Å². The minimum Gasteiger partial charge on any atom is -0.497 e. The van der Waals surface area contributed by atoms with E-state index in [0.717, 1.165) is 29.8 Å². The molecule has 0 aliphatic carbocycles. The maximum atomic E-state index is 13.3. The van der Waals surface area contributed by atoms with Gasteiger partial charge < -0.3 is 15.4 Å². The molecule has 2 aromatic carbocycles. The van der Waals surface area contributed by atoms with Crippen LogP contribution in [0.5, 0.6) is 5.75 Å². The quantitative estimate of drug-likeness (QED) is 0.711. The number of hydrogen-bond acceptors (Lipinski definition) is 4. The lowest BCUT2D eigenvalue weighted by atomic mass is 10.0. The Bertz CT molecular complexity index is 949. The first-order valence-electron chi connectivity index (χ1n) is 9.50. The number of nitrogens with two attached hydrogens (primary N) is 1. The summed E-state index contributed by atoms with van der Waals surface area (Å²) in [5, 5.41) is 4.74. The van der Waals surface area contributed by atoms with Crippen LogP contribution in [-0.4, -0.2) is 46.8 Å². The van der Waals surface area contributed by atoms with E-state index in [1.807, 2.05) is 65.7 Å². The first kappa shape index (κ1) is 20.9. The summed E-state index contributed by atoms with van der Waals surface area (Å²) in [5.74, 6) is 0.768. The molecular formula is C22H25ClN4O2. The summed E-state index contributed by atoms with van der Waals surface area (Å²) in [6, 6.07) is 17.6. The summed E-state index contributed by atoms with van der Waals surface area (Å²) in [6.45, 7) is 1.36. The Labute approximate surface area is 176 Å². The van der Waals surface area contributed by atoms with Gasteiger partial charge in [0, 0.05) is 30.9 Å². The summed E-state index contributed by atoms with van der Waals surface area (Å²) in [4.78, 5) is 15.2. The number of amides is 1. The number of likely N-dealkylation sites (tertiary alicyclic amines) is 1. The first-order chi connectivity index (χ1) is 13.7. The number of piperidine rings is 1. The molecule has 0 spiro atoms. The van der Waals surface area contributed by atoms with Gasteiger partial charge in [0.15, 0.2) is 0 Å². The van der Waals surface area contributed by atoms with Gasteiger partial charge in [0.05, 0.1) is 18.4 Å². The van der Waals surface area contributed by atoms with Gasteiger partial charge in [-0.2, -0.15) is 5.10 Å². The minimum atomic E-state index is -0.0000934. The standard InChI is InChI=1S/C22H24N4O2.ClH/c1-28-19-9-7-16(8-10-19)21-20(22(27)25-13-11-17(23)12-14-25)15-26(24-21)18-5-3-2-4-6-18;/h2-10,15,17H,11-14,23H2,1H3;1H. The third-order valence-electron chi connectivity index (χ3n) is 5.16. The van der Waals surface area contributed by atoms with Crippen LogP contribution in [0.1, 0.15) is 23.2 Å². The summed E-state index contributed by atoms with van der Waals surface area (Å²) >= 11 is 0. The number of rotatable bonds is 4. The Morgan fingerprint density at radius 3 is 2.34 bits per heavy atom. The van der Waals surface area contributed by atoms with Crippen molar-refractivity contribution < 1.29 is 9.53 Å². The lowest BCUT2D eigenvalue weighted by Gasteiger charge is -2.30. The number of carbonyl (C=O) groups excluding carboxylic acids is 1. The van der Waals surface area contributed by atoms with E-state index in [4.69, 9.17) is 15.6 Å². The van der Waals surface area contributed by atoms with Crippen LogP contribution in [-0.2, 0) is 0 Å². The van der Waals surface area contributed by atoms with Gasteiger partial charge in [0.25, 0.3) is 5.91 Å². The molecule has 1 fully saturated rings. The molecule has 6 nitrogen and oxygen atoms in total. The van der Waals surface area contributed by atoms with E-state index >= 15 is 0 Å². The number of ether oxygens (including phenoxy) is 1. The van der Waals surface area contributed by atoms with Crippen molar-refractivity contribution in [3.05, 3.63) is 66.4 Å². The van der Waals surface area contributed by atoms with Gasteiger partial charge in [-0.25, -0.2) is 4.68 Å². The Morgan fingerprint density at radius 2 is 1.72 bits per heavy atom. The van der Waals surface area contributed by atoms with Crippen LogP contribution in [0, 0.1) is 0 Å².